The number of nitro benzene ring substituents is 1. The summed E-state index contributed by atoms with van der Waals surface area (Å²) in [6, 6.07) is 14.8. The second-order valence-corrected chi connectivity index (χ2v) is 6.18. The maximum atomic E-state index is 13.8. The number of rotatable bonds is 6. The number of amides is 2. The fraction of sp³-hybridized carbons (Fsp3) is 0. The van der Waals surface area contributed by atoms with E-state index in [1.54, 1.807) is 12.1 Å². The summed E-state index contributed by atoms with van der Waals surface area (Å²) in [6.07, 6.45) is 1.04. The normalized spacial score (nSPS) is 10.6. The predicted molar refractivity (Wildman–Crippen MR) is 111 cm³/mol. The molecule has 156 valence electrons. The number of hydrogen-bond donors (Lipinski definition) is 3. The number of hydrazone groups is 1. The molecule has 0 atom stereocenters. The van der Waals surface area contributed by atoms with E-state index in [9.17, 15) is 29.2 Å². The van der Waals surface area contributed by atoms with Crippen LogP contribution in [-0.2, 0) is 0 Å². The van der Waals surface area contributed by atoms with Crippen LogP contribution >= 0.6 is 0 Å². The topological polar surface area (TPSA) is 134 Å². The number of phenols is 1. The van der Waals surface area contributed by atoms with Crippen molar-refractivity contribution in [2.24, 2.45) is 5.10 Å². The average Bonchev–Trinajstić information content (AvgIpc) is 2.75. The third-order valence-electron chi connectivity index (χ3n) is 4.13. The van der Waals surface area contributed by atoms with Crippen molar-refractivity contribution in [2.75, 3.05) is 5.32 Å². The third kappa shape index (κ3) is 5.07. The first kappa shape index (κ1) is 21.1. The van der Waals surface area contributed by atoms with Gasteiger partial charge < -0.3 is 10.4 Å². The number of hydrogen-bond acceptors (Lipinski definition) is 6. The molecule has 0 spiro atoms. The Balaban J connectivity index is 1.75. The molecule has 0 aliphatic heterocycles. The lowest BCUT2D eigenvalue weighted by Crippen LogP contribution is -2.21. The maximum Gasteiger partial charge on any atom is 0.273 e. The van der Waals surface area contributed by atoms with Gasteiger partial charge in [0.25, 0.3) is 17.5 Å². The summed E-state index contributed by atoms with van der Waals surface area (Å²) >= 11 is 0. The van der Waals surface area contributed by atoms with Gasteiger partial charge in [0.15, 0.2) is 0 Å². The lowest BCUT2D eigenvalue weighted by molar-refractivity contribution is -0.384. The van der Waals surface area contributed by atoms with Gasteiger partial charge in [-0.1, -0.05) is 24.3 Å². The summed E-state index contributed by atoms with van der Waals surface area (Å²) in [5.41, 5.74) is 1.97. The molecule has 0 bridgehead atoms. The molecule has 31 heavy (non-hydrogen) atoms. The van der Waals surface area contributed by atoms with Crippen LogP contribution in [0.2, 0.25) is 0 Å². The standard InChI is InChI=1S/C21H15FN4O5/c22-17-7-3-1-5-15(17)20(28)24-18-8-4-2-6-16(18)21(29)25-23-12-13-11-14(26(30)31)9-10-19(13)27/h1-12,27H,(H,24,28)(H,25,29)/b23-12-. The van der Waals surface area contributed by atoms with Crippen molar-refractivity contribution < 1.29 is 24.0 Å². The Labute approximate surface area is 175 Å². The van der Waals surface area contributed by atoms with E-state index < -0.39 is 22.6 Å². The van der Waals surface area contributed by atoms with Gasteiger partial charge in [-0.3, -0.25) is 19.7 Å². The molecular weight excluding hydrogens is 407 g/mol. The van der Waals surface area contributed by atoms with Gasteiger partial charge >= 0.3 is 0 Å². The van der Waals surface area contributed by atoms with Crippen molar-refractivity contribution in [2.45, 2.75) is 0 Å². The van der Waals surface area contributed by atoms with Crippen molar-refractivity contribution in [3.63, 3.8) is 0 Å². The average molecular weight is 422 g/mol. The van der Waals surface area contributed by atoms with Crippen molar-refractivity contribution in [1.29, 1.82) is 0 Å². The molecule has 2 amide bonds. The molecule has 3 N–H and O–H groups in total. The van der Waals surface area contributed by atoms with E-state index in [1.807, 2.05) is 0 Å². The molecule has 3 aromatic rings. The van der Waals surface area contributed by atoms with E-state index in [-0.39, 0.29) is 33.8 Å². The number of carbonyl (C=O) groups is 2. The van der Waals surface area contributed by atoms with Crippen LogP contribution in [0.5, 0.6) is 5.75 Å². The molecule has 3 aromatic carbocycles. The Kier molecular flexibility index (Phi) is 6.31. The molecule has 10 heteroatoms. The summed E-state index contributed by atoms with van der Waals surface area (Å²) in [7, 11) is 0. The monoisotopic (exact) mass is 422 g/mol. The molecule has 0 saturated carbocycles. The summed E-state index contributed by atoms with van der Waals surface area (Å²) in [5, 5.41) is 26.8. The first-order valence-corrected chi connectivity index (χ1v) is 8.82. The molecule has 0 saturated heterocycles. The van der Waals surface area contributed by atoms with E-state index in [2.05, 4.69) is 15.8 Å². The number of phenolic OH excluding ortho intramolecular Hbond substituents is 1. The lowest BCUT2D eigenvalue weighted by Gasteiger charge is -2.10. The molecule has 0 unspecified atom stereocenters. The zero-order chi connectivity index (χ0) is 22.4. The van der Waals surface area contributed by atoms with E-state index in [1.165, 1.54) is 30.3 Å². The minimum atomic E-state index is -0.733. The first-order chi connectivity index (χ1) is 14.9. The van der Waals surface area contributed by atoms with Gasteiger partial charge in [0, 0.05) is 17.7 Å². The van der Waals surface area contributed by atoms with Crippen LogP contribution in [0.3, 0.4) is 0 Å². The number of carbonyl (C=O) groups excluding carboxylic acids is 2. The predicted octanol–water partition coefficient (Wildman–Crippen LogP) is 3.46. The minimum absolute atomic E-state index is 0.0237. The Morgan fingerprint density at radius 1 is 1.00 bits per heavy atom. The highest BCUT2D eigenvalue weighted by atomic mass is 19.1. The quantitative estimate of drug-likeness (QED) is 0.318. The molecule has 0 aliphatic carbocycles. The van der Waals surface area contributed by atoms with Gasteiger partial charge in [-0.15, -0.1) is 0 Å². The van der Waals surface area contributed by atoms with Gasteiger partial charge in [0.1, 0.15) is 11.6 Å². The van der Waals surface area contributed by atoms with Gasteiger partial charge in [-0.05, 0) is 30.3 Å². The van der Waals surface area contributed by atoms with Gasteiger partial charge in [-0.2, -0.15) is 5.10 Å². The number of para-hydroxylation sites is 1. The number of nitro groups is 1. The molecule has 0 aliphatic rings. The van der Waals surface area contributed by atoms with E-state index in [0.717, 1.165) is 30.5 Å². The van der Waals surface area contributed by atoms with Crippen molar-refractivity contribution in [3.8, 4) is 5.75 Å². The molecular formula is C21H15FN4O5. The second-order valence-electron chi connectivity index (χ2n) is 6.18. The van der Waals surface area contributed by atoms with Crippen molar-refractivity contribution in [1.82, 2.24) is 5.43 Å². The van der Waals surface area contributed by atoms with E-state index in [4.69, 9.17) is 0 Å². The molecule has 0 radical (unpaired) electrons. The van der Waals surface area contributed by atoms with Crippen LogP contribution in [0.1, 0.15) is 26.3 Å². The lowest BCUT2D eigenvalue weighted by atomic mass is 10.1. The highest BCUT2D eigenvalue weighted by Gasteiger charge is 2.16. The van der Waals surface area contributed by atoms with Crippen LogP contribution in [0, 0.1) is 15.9 Å². The number of halogens is 1. The van der Waals surface area contributed by atoms with E-state index >= 15 is 0 Å². The molecule has 0 heterocycles. The first-order valence-electron chi connectivity index (χ1n) is 8.82. The zero-order valence-corrected chi connectivity index (χ0v) is 15.8. The maximum absolute atomic E-state index is 13.8. The zero-order valence-electron chi connectivity index (χ0n) is 15.8. The van der Waals surface area contributed by atoms with Crippen LogP contribution in [0.4, 0.5) is 15.8 Å². The van der Waals surface area contributed by atoms with Gasteiger partial charge in [-0.25, -0.2) is 9.82 Å². The fourth-order valence-corrected chi connectivity index (χ4v) is 2.60. The fourth-order valence-electron chi connectivity index (χ4n) is 2.60. The van der Waals surface area contributed by atoms with Crippen LogP contribution in [0.15, 0.2) is 71.8 Å². The number of non-ortho nitro benzene ring substituents is 1. The van der Waals surface area contributed by atoms with Crippen molar-refractivity contribution in [3.05, 3.63) is 99.4 Å². The highest BCUT2D eigenvalue weighted by molar-refractivity contribution is 6.09. The summed E-state index contributed by atoms with van der Waals surface area (Å²) in [5.74, 6) is -2.40. The van der Waals surface area contributed by atoms with Gasteiger partial charge in [0.05, 0.1) is 28.0 Å². The number of aromatic hydroxyl groups is 1. The number of nitrogens with zero attached hydrogens (tertiary/aromatic N) is 2. The van der Waals surface area contributed by atoms with Gasteiger partial charge in [0.2, 0.25) is 0 Å². The number of benzene rings is 3. The summed E-state index contributed by atoms with van der Waals surface area (Å²) in [4.78, 5) is 35.0. The van der Waals surface area contributed by atoms with Crippen molar-refractivity contribution >= 4 is 29.4 Å². The Morgan fingerprint density at radius 2 is 1.68 bits per heavy atom. The summed E-state index contributed by atoms with van der Waals surface area (Å²) < 4.78 is 13.8. The molecule has 0 fully saturated rings. The molecule has 3 rings (SSSR count). The smallest absolute Gasteiger partial charge is 0.273 e. The Morgan fingerprint density at radius 3 is 2.39 bits per heavy atom. The minimum Gasteiger partial charge on any atom is -0.507 e. The second kappa shape index (κ2) is 9.27. The number of nitrogens with one attached hydrogen (secondary N) is 2. The van der Waals surface area contributed by atoms with Crippen LogP contribution in [0.25, 0.3) is 0 Å². The number of anilines is 1. The van der Waals surface area contributed by atoms with E-state index in [0.29, 0.717) is 0 Å². The van der Waals surface area contributed by atoms with Crippen LogP contribution in [-0.4, -0.2) is 28.1 Å². The largest absolute Gasteiger partial charge is 0.507 e. The molecule has 0 aromatic heterocycles. The third-order valence-corrected chi connectivity index (χ3v) is 4.13. The highest BCUT2D eigenvalue weighted by Crippen LogP contribution is 2.21. The summed E-state index contributed by atoms with van der Waals surface area (Å²) in [6.45, 7) is 0. The Bertz CT molecular complexity index is 1200. The Hall–Kier alpha value is -4.60. The van der Waals surface area contributed by atoms with Crippen LogP contribution < -0.4 is 10.7 Å². The SMILES string of the molecule is O=C(Nc1ccccc1C(=O)N/N=C\c1cc([N+](=O)[O-])ccc1O)c1ccccc1F. The molecule has 9 nitrogen and oxygen atoms in total.